The SMILES string of the molecule is O=C(C(=O)C(F)(F)F)C(F)(F)F.[C-]#[N+]c1ccccc1S(=O)(=O)N1CCC(COc2ccc3cc2CCc2cncc(c2)Nc2ncc(Cl)c(n2)N3)C1. The molecule has 1 atom stereocenters. The van der Waals surface area contributed by atoms with Crippen molar-refractivity contribution in [2.45, 2.75) is 36.5 Å². The number of aromatic nitrogens is 3. The zero-order chi connectivity index (χ0) is 38.6. The second-order valence-corrected chi connectivity index (χ2v) is 13.9. The first kappa shape index (κ1) is 38.9. The maximum atomic E-state index is 13.3. The van der Waals surface area contributed by atoms with Crippen molar-refractivity contribution in [1.29, 1.82) is 0 Å². The highest BCUT2D eigenvalue weighted by atomic mass is 35.5. The van der Waals surface area contributed by atoms with Crippen LogP contribution in [0.2, 0.25) is 5.02 Å². The van der Waals surface area contributed by atoms with Gasteiger partial charge in [0.05, 0.1) is 36.2 Å². The maximum absolute atomic E-state index is 13.3. The molecule has 278 valence electrons. The van der Waals surface area contributed by atoms with Crippen molar-refractivity contribution in [3.05, 3.63) is 94.7 Å². The Morgan fingerprint density at radius 2 is 1.68 bits per heavy atom. The molecule has 20 heteroatoms. The van der Waals surface area contributed by atoms with E-state index in [0.717, 1.165) is 34.7 Å². The average molecular weight is 782 g/mol. The highest BCUT2D eigenvalue weighted by molar-refractivity contribution is 7.89. The Labute approximate surface area is 303 Å². The number of alkyl halides is 6. The van der Waals surface area contributed by atoms with Gasteiger partial charge in [-0.25, -0.2) is 18.2 Å². The number of ether oxygens (including phenoxy) is 1. The molecule has 4 aromatic rings. The minimum Gasteiger partial charge on any atom is -0.493 e. The number of rotatable bonds is 6. The van der Waals surface area contributed by atoms with Crippen LogP contribution in [-0.4, -0.2) is 71.3 Å². The van der Waals surface area contributed by atoms with Gasteiger partial charge in [-0.2, -0.15) is 35.6 Å². The fraction of sp³-hybridized carbons (Fsp3) is 0.273. The summed E-state index contributed by atoms with van der Waals surface area (Å²) >= 11 is 6.37. The fourth-order valence-corrected chi connectivity index (χ4v) is 7.07. The zero-order valence-corrected chi connectivity index (χ0v) is 28.6. The third kappa shape index (κ3) is 9.57. The molecule has 2 aliphatic heterocycles. The molecule has 2 aliphatic rings. The van der Waals surface area contributed by atoms with E-state index in [9.17, 15) is 44.3 Å². The van der Waals surface area contributed by atoms with E-state index in [1.165, 1.54) is 16.4 Å². The van der Waals surface area contributed by atoms with Crippen LogP contribution < -0.4 is 15.4 Å². The van der Waals surface area contributed by atoms with Gasteiger partial charge in [-0.15, -0.1) is 0 Å². The molecule has 6 rings (SSSR count). The van der Waals surface area contributed by atoms with Gasteiger partial charge in [-0.1, -0.05) is 35.9 Å². The largest absolute Gasteiger partial charge is 0.493 e. The van der Waals surface area contributed by atoms with E-state index in [0.29, 0.717) is 49.3 Å². The molecular weight excluding hydrogens is 756 g/mol. The topological polar surface area (TPSA) is 148 Å². The molecule has 12 nitrogen and oxygen atoms in total. The van der Waals surface area contributed by atoms with E-state index in [1.54, 1.807) is 24.5 Å². The van der Waals surface area contributed by atoms with E-state index < -0.39 is 33.9 Å². The smallest absolute Gasteiger partial charge is 0.458 e. The van der Waals surface area contributed by atoms with Crippen LogP contribution in [0.25, 0.3) is 4.85 Å². The molecule has 0 radical (unpaired) electrons. The number of hydrogen-bond acceptors (Lipinski definition) is 10. The van der Waals surface area contributed by atoms with Crippen molar-refractivity contribution >= 4 is 62.0 Å². The summed E-state index contributed by atoms with van der Waals surface area (Å²) in [7, 11) is -3.76. The first-order valence-electron chi connectivity index (χ1n) is 15.4. The fourth-order valence-electron chi connectivity index (χ4n) is 5.27. The van der Waals surface area contributed by atoms with Crippen LogP contribution in [0.1, 0.15) is 17.5 Å². The lowest BCUT2D eigenvalue weighted by Gasteiger charge is -2.19. The number of nitrogens with one attached hydrogen (secondary N) is 2. The lowest BCUT2D eigenvalue weighted by molar-refractivity contribution is -0.193. The number of Topliss-reactive ketones (excluding diaryl/α,β-unsaturated/α-hetero) is 2. The number of fused-ring (bicyclic) bond motifs is 6. The van der Waals surface area contributed by atoms with Crippen LogP contribution in [0.15, 0.2) is 72.0 Å². The summed E-state index contributed by atoms with van der Waals surface area (Å²) in [5.74, 6) is -5.18. The number of carbonyl (C=O) groups is 2. The predicted octanol–water partition coefficient (Wildman–Crippen LogP) is 7.00. The number of anilines is 4. The highest BCUT2D eigenvalue weighted by Gasteiger charge is 2.54. The number of aryl methyl sites for hydroxylation is 2. The zero-order valence-electron chi connectivity index (χ0n) is 27.0. The van der Waals surface area contributed by atoms with Gasteiger partial charge in [0.2, 0.25) is 21.7 Å². The molecule has 2 aromatic heterocycles. The van der Waals surface area contributed by atoms with Gasteiger partial charge in [-0.3, -0.25) is 14.6 Å². The molecule has 1 fully saturated rings. The van der Waals surface area contributed by atoms with Crippen molar-refractivity contribution in [3.63, 3.8) is 0 Å². The van der Waals surface area contributed by atoms with E-state index >= 15 is 0 Å². The number of sulfonamides is 1. The molecule has 0 aliphatic carbocycles. The third-order valence-corrected chi connectivity index (χ3v) is 10.0. The Morgan fingerprint density at radius 3 is 2.38 bits per heavy atom. The van der Waals surface area contributed by atoms with Crippen LogP contribution in [0.4, 0.5) is 55.2 Å². The number of carbonyl (C=O) groups excluding carboxylic acids is 2. The summed E-state index contributed by atoms with van der Waals surface area (Å²) in [4.78, 5) is 35.8. The van der Waals surface area contributed by atoms with Crippen molar-refractivity contribution in [3.8, 4) is 5.75 Å². The summed E-state index contributed by atoms with van der Waals surface area (Å²) in [6.07, 6.45) is -4.34. The minimum atomic E-state index is -5.77. The molecule has 1 saturated heterocycles. The Bertz CT molecular complexity index is 2160. The van der Waals surface area contributed by atoms with Crippen LogP contribution in [0.3, 0.4) is 0 Å². The summed E-state index contributed by atoms with van der Waals surface area (Å²) in [5.41, 5.74) is 3.75. The standard InChI is InChI=1S/C29H26ClN7O3S.C4F6O2/c1-31-25-4-2-3-5-27(25)41(38,39)37-11-10-20(17-37)18-40-26-9-8-22-13-21(26)7-6-19-12-23(15-32-14-19)35-29-33-16-24(30)28(34-22)36-29;5-3(6,7)1(11)2(12)4(8,9)10/h2-5,8-9,12-16,20H,6-7,10-11,17-18H2,(H2,33,34,35,36);. The van der Waals surface area contributed by atoms with Gasteiger partial charge in [0.15, 0.2) is 5.82 Å². The number of pyridine rings is 1. The lowest BCUT2D eigenvalue weighted by atomic mass is 10.0. The van der Waals surface area contributed by atoms with E-state index in [2.05, 4.69) is 30.4 Å². The Hall–Kier alpha value is -5.32. The minimum absolute atomic E-state index is 0.0230. The number of para-hydroxylation sites is 1. The monoisotopic (exact) mass is 781 g/mol. The Kier molecular flexibility index (Phi) is 11.5. The van der Waals surface area contributed by atoms with Gasteiger partial charge in [-0.05, 0) is 54.7 Å². The number of ketones is 2. The van der Waals surface area contributed by atoms with E-state index in [4.69, 9.17) is 22.9 Å². The quantitative estimate of drug-likeness (QED) is 0.119. The summed E-state index contributed by atoms with van der Waals surface area (Å²) in [5, 5.41) is 6.85. The normalized spacial score (nSPS) is 15.8. The molecule has 0 spiro atoms. The van der Waals surface area contributed by atoms with Crippen LogP contribution in [0, 0.1) is 12.5 Å². The number of hydrogen-bond donors (Lipinski definition) is 2. The number of nitrogens with zero attached hydrogens (tertiary/aromatic N) is 5. The molecule has 0 amide bonds. The van der Waals surface area contributed by atoms with Crippen LogP contribution in [0.5, 0.6) is 5.75 Å². The predicted molar refractivity (Wildman–Crippen MR) is 179 cm³/mol. The van der Waals surface area contributed by atoms with Crippen molar-refractivity contribution in [1.82, 2.24) is 19.3 Å². The first-order valence-corrected chi connectivity index (χ1v) is 17.2. The van der Waals surface area contributed by atoms with Crippen LogP contribution in [-0.2, 0) is 32.5 Å². The molecule has 0 saturated carbocycles. The summed E-state index contributed by atoms with van der Waals surface area (Å²) in [6.45, 7) is 8.44. The van der Waals surface area contributed by atoms with E-state index in [-0.39, 0.29) is 16.5 Å². The van der Waals surface area contributed by atoms with Crippen molar-refractivity contribution in [2.75, 3.05) is 30.3 Å². The second-order valence-electron chi connectivity index (χ2n) is 11.6. The lowest BCUT2D eigenvalue weighted by Crippen LogP contribution is -2.39. The van der Waals surface area contributed by atoms with Gasteiger partial charge >= 0.3 is 23.9 Å². The Balaban J connectivity index is 0.000000390. The van der Waals surface area contributed by atoms with Crippen molar-refractivity contribution in [2.24, 2.45) is 5.92 Å². The molecule has 4 heterocycles. The third-order valence-electron chi connectivity index (χ3n) is 7.85. The summed E-state index contributed by atoms with van der Waals surface area (Å²) in [6, 6.07) is 14.2. The molecule has 2 N–H and O–H groups in total. The molecular formula is C33H26ClF6N7O5S. The summed E-state index contributed by atoms with van der Waals surface area (Å²) < 4.78 is 101. The number of halogens is 7. The number of benzene rings is 2. The van der Waals surface area contributed by atoms with Gasteiger partial charge in [0.25, 0.3) is 0 Å². The molecule has 1 unspecified atom stereocenters. The van der Waals surface area contributed by atoms with Crippen molar-refractivity contribution < 1.29 is 49.1 Å². The first-order chi connectivity index (χ1) is 24.9. The second kappa shape index (κ2) is 15.7. The van der Waals surface area contributed by atoms with Crippen LogP contribution >= 0.6 is 11.6 Å². The average Bonchev–Trinajstić information content (AvgIpc) is 3.60. The maximum Gasteiger partial charge on any atom is 0.458 e. The highest BCUT2D eigenvalue weighted by Crippen LogP contribution is 2.33. The van der Waals surface area contributed by atoms with Gasteiger partial charge in [0.1, 0.15) is 10.8 Å². The molecule has 6 bridgehead atoms. The molecule has 53 heavy (non-hydrogen) atoms. The Morgan fingerprint density at radius 1 is 0.962 bits per heavy atom. The van der Waals surface area contributed by atoms with Gasteiger partial charge < -0.3 is 15.4 Å². The van der Waals surface area contributed by atoms with Gasteiger partial charge in [0, 0.05) is 30.9 Å². The molecule has 2 aromatic carbocycles. The van der Waals surface area contributed by atoms with E-state index in [1.807, 2.05) is 30.5 Å².